The van der Waals surface area contributed by atoms with Crippen LogP contribution in [0.1, 0.15) is 17.2 Å². The quantitative estimate of drug-likeness (QED) is 0.571. The Morgan fingerprint density at radius 3 is 2.82 bits per heavy atom. The number of hydrogen-bond acceptors (Lipinski definition) is 4. The molecule has 8 heteroatoms. The van der Waals surface area contributed by atoms with E-state index in [9.17, 15) is 4.79 Å². The number of imidazole rings is 1. The van der Waals surface area contributed by atoms with Crippen LogP contribution in [-0.4, -0.2) is 31.2 Å². The molecular formula is C14H15N7O. The van der Waals surface area contributed by atoms with Crippen molar-refractivity contribution in [1.29, 1.82) is 0 Å². The number of amides is 2. The second-order valence-electron chi connectivity index (χ2n) is 4.61. The molecule has 22 heavy (non-hydrogen) atoms. The lowest BCUT2D eigenvalue weighted by molar-refractivity contribution is 0.251. The minimum Gasteiger partial charge on any atom is -0.347 e. The third-order valence-electron chi connectivity index (χ3n) is 2.94. The summed E-state index contributed by atoms with van der Waals surface area (Å²) in [5.74, 6) is 1.60. The summed E-state index contributed by atoms with van der Waals surface area (Å²) in [5, 5.41) is 12.0. The Kier molecular flexibility index (Phi) is 4.10. The van der Waals surface area contributed by atoms with Crippen LogP contribution in [0.3, 0.4) is 0 Å². The number of carbonyl (C=O) groups is 1. The zero-order valence-corrected chi connectivity index (χ0v) is 11.7. The van der Waals surface area contributed by atoms with Gasteiger partial charge >= 0.3 is 6.03 Å². The Balaban J connectivity index is 1.51. The number of hydrogen-bond donors (Lipinski definition) is 4. The van der Waals surface area contributed by atoms with Gasteiger partial charge in [-0.05, 0) is 5.56 Å². The van der Waals surface area contributed by atoms with Crippen LogP contribution in [0.5, 0.6) is 0 Å². The highest BCUT2D eigenvalue weighted by Gasteiger charge is 2.08. The number of carbonyl (C=O) groups excluding carboxylic acids is 1. The van der Waals surface area contributed by atoms with E-state index >= 15 is 0 Å². The fraction of sp³-hybridized carbons (Fsp3) is 0.143. The Morgan fingerprint density at radius 1 is 1.18 bits per heavy atom. The third-order valence-corrected chi connectivity index (χ3v) is 2.94. The van der Waals surface area contributed by atoms with Gasteiger partial charge in [0.1, 0.15) is 11.6 Å². The standard InChI is InChI=1S/C14H15N7O/c22-14(17-9-12-15-6-7-16-12)19-13-18-11(20-21-13)8-10-4-2-1-3-5-10/h1-7H,8-9H2,(H,15,16)(H3,17,18,19,20,21,22). The highest BCUT2D eigenvalue weighted by Crippen LogP contribution is 2.06. The van der Waals surface area contributed by atoms with E-state index in [4.69, 9.17) is 0 Å². The van der Waals surface area contributed by atoms with E-state index in [0.29, 0.717) is 24.6 Å². The Bertz CT molecular complexity index is 721. The normalized spacial score (nSPS) is 10.4. The molecule has 0 saturated heterocycles. The van der Waals surface area contributed by atoms with Gasteiger partial charge in [0.15, 0.2) is 0 Å². The van der Waals surface area contributed by atoms with E-state index in [1.807, 2.05) is 30.3 Å². The lowest BCUT2D eigenvalue weighted by atomic mass is 10.1. The van der Waals surface area contributed by atoms with Crippen LogP contribution >= 0.6 is 0 Å². The molecule has 8 nitrogen and oxygen atoms in total. The minimum atomic E-state index is -0.387. The average molecular weight is 297 g/mol. The summed E-state index contributed by atoms with van der Waals surface area (Å²) in [6, 6.07) is 9.51. The van der Waals surface area contributed by atoms with Crippen LogP contribution in [-0.2, 0) is 13.0 Å². The summed E-state index contributed by atoms with van der Waals surface area (Å²) in [5.41, 5.74) is 1.12. The molecule has 0 aliphatic rings. The van der Waals surface area contributed by atoms with Crippen molar-refractivity contribution in [1.82, 2.24) is 30.5 Å². The van der Waals surface area contributed by atoms with E-state index in [2.05, 4.69) is 35.8 Å². The molecule has 0 spiro atoms. The zero-order chi connectivity index (χ0) is 15.2. The van der Waals surface area contributed by atoms with Gasteiger partial charge in [0, 0.05) is 18.8 Å². The second kappa shape index (κ2) is 6.53. The number of H-pyrrole nitrogens is 2. The van der Waals surface area contributed by atoms with E-state index in [1.54, 1.807) is 12.4 Å². The predicted octanol–water partition coefficient (Wildman–Crippen LogP) is 1.44. The van der Waals surface area contributed by atoms with Crippen LogP contribution in [0, 0.1) is 0 Å². The smallest absolute Gasteiger partial charge is 0.322 e. The molecule has 2 heterocycles. The number of aromatic nitrogens is 5. The Labute approximate surface area is 126 Å². The largest absolute Gasteiger partial charge is 0.347 e. The summed E-state index contributed by atoms with van der Waals surface area (Å²) in [7, 11) is 0. The van der Waals surface area contributed by atoms with Gasteiger partial charge in [-0.2, -0.15) is 4.98 Å². The van der Waals surface area contributed by atoms with Crippen LogP contribution in [0.4, 0.5) is 10.7 Å². The van der Waals surface area contributed by atoms with Gasteiger partial charge in [-0.15, -0.1) is 5.10 Å². The van der Waals surface area contributed by atoms with E-state index < -0.39 is 0 Å². The van der Waals surface area contributed by atoms with Crippen molar-refractivity contribution in [3.63, 3.8) is 0 Å². The van der Waals surface area contributed by atoms with Crippen molar-refractivity contribution >= 4 is 12.0 Å². The van der Waals surface area contributed by atoms with Gasteiger partial charge in [-0.1, -0.05) is 30.3 Å². The number of nitrogens with zero attached hydrogens (tertiary/aromatic N) is 3. The molecule has 3 aromatic rings. The fourth-order valence-electron chi connectivity index (χ4n) is 1.92. The van der Waals surface area contributed by atoms with Crippen molar-refractivity contribution in [2.45, 2.75) is 13.0 Å². The third kappa shape index (κ3) is 3.69. The van der Waals surface area contributed by atoms with Crippen molar-refractivity contribution in [3.05, 3.63) is 59.9 Å². The van der Waals surface area contributed by atoms with Crippen LogP contribution in [0.2, 0.25) is 0 Å². The Morgan fingerprint density at radius 2 is 2.05 bits per heavy atom. The molecule has 0 aliphatic heterocycles. The molecule has 112 valence electrons. The van der Waals surface area contributed by atoms with Crippen LogP contribution < -0.4 is 10.6 Å². The molecule has 0 bridgehead atoms. The summed E-state index contributed by atoms with van der Waals surface area (Å²) < 4.78 is 0. The van der Waals surface area contributed by atoms with Crippen molar-refractivity contribution in [3.8, 4) is 0 Å². The van der Waals surface area contributed by atoms with E-state index in [1.165, 1.54) is 0 Å². The maximum absolute atomic E-state index is 11.7. The molecule has 2 aromatic heterocycles. The molecule has 0 radical (unpaired) electrons. The van der Waals surface area contributed by atoms with Crippen LogP contribution in [0.15, 0.2) is 42.7 Å². The lowest BCUT2D eigenvalue weighted by Crippen LogP contribution is -2.29. The van der Waals surface area contributed by atoms with Crippen molar-refractivity contribution < 1.29 is 4.79 Å². The van der Waals surface area contributed by atoms with Crippen molar-refractivity contribution in [2.75, 3.05) is 5.32 Å². The fourth-order valence-corrected chi connectivity index (χ4v) is 1.92. The number of urea groups is 1. The minimum absolute atomic E-state index is 0.239. The molecule has 2 amide bonds. The van der Waals surface area contributed by atoms with Crippen molar-refractivity contribution in [2.24, 2.45) is 0 Å². The van der Waals surface area contributed by atoms with Gasteiger partial charge in [-0.3, -0.25) is 10.4 Å². The SMILES string of the molecule is O=C(NCc1ncc[nH]1)Nc1n[nH]c(Cc2ccccc2)n1. The van der Waals surface area contributed by atoms with Gasteiger partial charge in [0.25, 0.3) is 0 Å². The molecule has 4 N–H and O–H groups in total. The first-order chi connectivity index (χ1) is 10.8. The van der Waals surface area contributed by atoms with Gasteiger partial charge in [0.05, 0.1) is 6.54 Å². The zero-order valence-electron chi connectivity index (χ0n) is 11.7. The number of aromatic amines is 2. The lowest BCUT2D eigenvalue weighted by Gasteiger charge is -2.02. The molecule has 0 fully saturated rings. The second-order valence-corrected chi connectivity index (χ2v) is 4.61. The topological polar surface area (TPSA) is 111 Å². The molecule has 0 unspecified atom stereocenters. The monoisotopic (exact) mass is 297 g/mol. The van der Waals surface area contributed by atoms with Crippen LogP contribution in [0.25, 0.3) is 0 Å². The van der Waals surface area contributed by atoms with E-state index in [0.717, 1.165) is 5.56 Å². The maximum Gasteiger partial charge on any atom is 0.322 e. The summed E-state index contributed by atoms with van der Waals surface area (Å²) >= 11 is 0. The van der Waals surface area contributed by atoms with Gasteiger partial charge in [-0.25, -0.2) is 9.78 Å². The number of benzene rings is 1. The number of anilines is 1. The van der Waals surface area contributed by atoms with E-state index in [-0.39, 0.29) is 12.0 Å². The molecule has 3 rings (SSSR count). The highest BCUT2D eigenvalue weighted by atomic mass is 16.2. The number of rotatable bonds is 5. The first kappa shape index (κ1) is 13.8. The summed E-state index contributed by atoms with van der Waals surface area (Å²) in [6.45, 7) is 0.306. The Hall–Kier alpha value is -3.16. The maximum atomic E-state index is 11.7. The highest BCUT2D eigenvalue weighted by molar-refractivity contribution is 5.87. The molecular weight excluding hydrogens is 282 g/mol. The van der Waals surface area contributed by atoms with Gasteiger partial charge in [0.2, 0.25) is 5.95 Å². The molecule has 1 aromatic carbocycles. The van der Waals surface area contributed by atoms with Gasteiger partial charge < -0.3 is 10.3 Å². The first-order valence-electron chi connectivity index (χ1n) is 6.78. The summed E-state index contributed by atoms with van der Waals surface area (Å²) in [6.07, 6.45) is 3.95. The number of nitrogens with one attached hydrogen (secondary N) is 4. The first-order valence-corrected chi connectivity index (χ1v) is 6.78. The molecule has 0 aliphatic carbocycles. The molecule has 0 saturated carbocycles. The predicted molar refractivity (Wildman–Crippen MR) is 80.1 cm³/mol. The average Bonchev–Trinajstić information content (AvgIpc) is 3.18. The molecule has 0 atom stereocenters. The summed E-state index contributed by atoms with van der Waals surface area (Å²) in [4.78, 5) is 22.9.